The van der Waals surface area contributed by atoms with E-state index in [1.165, 1.54) is 0 Å². The Morgan fingerprint density at radius 2 is 2.05 bits per heavy atom. The van der Waals surface area contributed by atoms with Crippen LogP contribution in [0.25, 0.3) is 0 Å². The van der Waals surface area contributed by atoms with Crippen molar-refractivity contribution in [3.63, 3.8) is 0 Å². The van der Waals surface area contributed by atoms with Gasteiger partial charge in [-0.05, 0) is 37.8 Å². The Kier molecular flexibility index (Phi) is 7.61. The predicted octanol–water partition coefficient (Wildman–Crippen LogP) is 2.08. The fraction of sp³-hybridized carbons (Fsp3) is 0.562. The number of rotatable bonds is 8. The summed E-state index contributed by atoms with van der Waals surface area (Å²) in [5.74, 6) is 0.924. The number of aryl methyl sites for hydroxylation is 1. The van der Waals surface area contributed by atoms with Gasteiger partial charge in [0.1, 0.15) is 5.75 Å². The molecule has 2 amide bonds. The van der Waals surface area contributed by atoms with Gasteiger partial charge < -0.3 is 20.5 Å². The summed E-state index contributed by atoms with van der Waals surface area (Å²) in [6.45, 7) is 6.95. The van der Waals surface area contributed by atoms with E-state index in [1.807, 2.05) is 45.0 Å². The Balaban J connectivity index is 2.14. The third-order valence-corrected chi connectivity index (χ3v) is 3.46. The van der Waals surface area contributed by atoms with Gasteiger partial charge in [0.15, 0.2) is 0 Å². The molecule has 0 fully saturated rings. The summed E-state index contributed by atoms with van der Waals surface area (Å²) in [6, 6.07) is 7.59. The Hall–Kier alpha value is -1.75. The molecule has 0 aliphatic rings. The summed E-state index contributed by atoms with van der Waals surface area (Å²) in [5, 5.41) is 14.6. The summed E-state index contributed by atoms with van der Waals surface area (Å²) in [6.07, 6.45) is 0.742. The number of hydrogen-bond donors (Lipinski definition) is 3. The number of aliphatic hydroxyl groups is 1. The lowest BCUT2D eigenvalue weighted by Crippen LogP contribution is -2.44. The number of ether oxygens (including phenoxy) is 1. The monoisotopic (exact) mass is 294 g/mol. The molecule has 0 aromatic heterocycles. The molecule has 0 aliphatic heterocycles. The smallest absolute Gasteiger partial charge is 0.315 e. The first-order valence-electron chi connectivity index (χ1n) is 7.38. The first-order valence-corrected chi connectivity index (χ1v) is 7.38. The molecular weight excluding hydrogens is 268 g/mol. The molecular formula is C16H26N2O3. The second-order valence-corrected chi connectivity index (χ2v) is 5.32. The summed E-state index contributed by atoms with van der Waals surface area (Å²) >= 11 is 0. The van der Waals surface area contributed by atoms with Crippen molar-refractivity contribution >= 4 is 6.03 Å². The zero-order chi connectivity index (χ0) is 15.7. The van der Waals surface area contributed by atoms with Crippen molar-refractivity contribution in [3.05, 3.63) is 29.8 Å². The van der Waals surface area contributed by atoms with Crippen molar-refractivity contribution < 1.29 is 14.6 Å². The number of carbonyl (C=O) groups is 1. The molecule has 1 aromatic carbocycles. The fourth-order valence-electron chi connectivity index (χ4n) is 1.73. The minimum Gasteiger partial charge on any atom is -0.493 e. The molecule has 0 saturated heterocycles. The number of urea groups is 1. The van der Waals surface area contributed by atoms with E-state index in [-0.39, 0.29) is 24.6 Å². The van der Waals surface area contributed by atoms with Crippen LogP contribution in [-0.4, -0.2) is 36.9 Å². The Morgan fingerprint density at radius 3 is 2.71 bits per heavy atom. The zero-order valence-electron chi connectivity index (χ0n) is 13.1. The molecule has 0 spiro atoms. The van der Waals surface area contributed by atoms with Crippen LogP contribution in [0.1, 0.15) is 25.8 Å². The number of carbonyl (C=O) groups excluding carboxylic acids is 1. The molecule has 5 heteroatoms. The van der Waals surface area contributed by atoms with Gasteiger partial charge in [0.2, 0.25) is 0 Å². The molecule has 21 heavy (non-hydrogen) atoms. The van der Waals surface area contributed by atoms with Crippen molar-refractivity contribution in [1.29, 1.82) is 0 Å². The summed E-state index contributed by atoms with van der Waals surface area (Å²) in [4.78, 5) is 11.6. The highest BCUT2D eigenvalue weighted by atomic mass is 16.5. The van der Waals surface area contributed by atoms with Crippen LogP contribution in [0.3, 0.4) is 0 Å². The van der Waals surface area contributed by atoms with Crippen LogP contribution in [0.4, 0.5) is 4.79 Å². The lowest BCUT2D eigenvalue weighted by Gasteiger charge is -2.19. The van der Waals surface area contributed by atoms with Crippen LogP contribution >= 0.6 is 0 Å². The highest BCUT2D eigenvalue weighted by Crippen LogP contribution is 2.15. The number of hydrogen-bond acceptors (Lipinski definition) is 3. The average Bonchev–Trinajstić information content (AvgIpc) is 2.47. The Labute approximate surface area is 126 Å². The standard InChI is InChI=1S/C16H26N2O3/c1-12-7-4-5-8-15(12)21-10-6-9-17-16(20)18-14(3)13(2)11-19/h4-5,7-8,13-14,19H,6,9-11H2,1-3H3,(H2,17,18,20). The van der Waals surface area contributed by atoms with Crippen molar-refractivity contribution in [2.45, 2.75) is 33.2 Å². The summed E-state index contributed by atoms with van der Waals surface area (Å²) in [7, 11) is 0. The van der Waals surface area contributed by atoms with Gasteiger partial charge in [-0.25, -0.2) is 4.79 Å². The number of amides is 2. The van der Waals surface area contributed by atoms with Gasteiger partial charge in [-0.2, -0.15) is 0 Å². The fourth-order valence-corrected chi connectivity index (χ4v) is 1.73. The highest BCUT2D eigenvalue weighted by molar-refractivity contribution is 5.74. The maximum atomic E-state index is 11.6. The van der Waals surface area contributed by atoms with Crippen LogP contribution < -0.4 is 15.4 Å². The van der Waals surface area contributed by atoms with E-state index >= 15 is 0 Å². The molecule has 2 atom stereocenters. The van der Waals surface area contributed by atoms with Crippen molar-refractivity contribution in [1.82, 2.24) is 10.6 Å². The van der Waals surface area contributed by atoms with Gasteiger partial charge in [-0.15, -0.1) is 0 Å². The minimum atomic E-state index is -0.210. The van der Waals surface area contributed by atoms with Gasteiger partial charge in [0, 0.05) is 19.2 Å². The van der Waals surface area contributed by atoms with Crippen LogP contribution in [-0.2, 0) is 0 Å². The molecule has 0 bridgehead atoms. The average molecular weight is 294 g/mol. The summed E-state index contributed by atoms with van der Waals surface area (Å²) in [5.41, 5.74) is 1.11. The van der Waals surface area contributed by atoms with Gasteiger partial charge in [0.05, 0.1) is 6.61 Å². The maximum Gasteiger partial charge on any atom is 0.315 e. The van der Waals surface area contributed by atoms with Gasteiger partial charge in [-0.1, -0.05) is 25.1 Å². The molecule has 1 rings (SSSR count). The van der Waals surface area contributed by atoms with E-state index in [2.05, 4.69) is 10.6 Å². The number of nitrogens with one attached hydrogen (secondary N) is 2. The summed E-state index contributed by atoms with van der Waals surface area (Å²) < 4.78 is 5.65. The van der Waals surface area contributed by atoms with Crippen LogP contribution in [0.15, 0.2) is 24.3 Å². The number of benzene rings is 1. The normalized spacial score (nSPS) is 13.3. The van der Waals surface area contributed by atoms with E-state index < -0.39 is 0 Å². The van der Waals surface area contributed by atoms with Gasteiger partial charge >= 0.3 is 6.03 Å². The first kappa shape index (κ1) is 17.3. The van der Waals surface area contributed by atoms with Crippen molar-refractivity contribution in [2.24, 2.45) is 5.92 Å². The van der Waals surface area contributed by atoms with E-state index in [0.717, 1.165) is 17.7 Å². The van der Waals surface area contributed by atoms with Gasteiger partial charge in [0.25, 0.3) is 0 Å². The molecule has 0 aliphatic carbocycles. The van der Waals surface area contributed by atoms with Crippen molar-refractivity contribution in [2.75, 3.05) is 19.8 Å². The topological polar surface area (TPSA) is 70.6 Å². The van der Waals surface area contributed by atoms with Crippen molar-refractivity contribution in [3.8, 4) is 5.75 Å². The minimum absolute atomic E-state index is 0.0418. The number of aliphatic hydroxyl groups excluding tert-OH is 1. The van der Waals surface area contributed by atoms with Crippen LogP contribution in [0.2, 0.25) is 0 Å². The third-order valence-electron chi connectivity index (χ3n) is 3.46. The van der Waals surface area contributed by atoms with E-state index in [9.17, 15) is 4.79 Å². The van der Waals surface area contributed by atoms with Crippen LogP contribution in [0, 0.1) is 12.8 Å². The van der Waals surface area contributed by atoms with E-state index in [4.69, 9.17) is 9.84 Å². The molecule has 5 nitrogen and oxygen atoms in total. The lowest BCUT2D eigenvalue weighted by molar-refractivity contribution is 0.200. The second-order valence-electron chi connectivity index (χ2n) is 5.32. The first-order chi connectivity index (χ1) is 10.0. The maximum absolute atomic E-state index is 11.6. The molecule has 0 saturated carbocycles. The Bertz CT molecular complexity index is 437. The SMILES string of the molecule is Cc1ccccc1OCCCNC(=O)NC(C)C(C)CO. The highest BCUT2D eigenvalue weighted by Gasteiger charge is 2.13. The molecule has 2 unspecified atom stereocenters. The molecule has 0 radical (unpaired) electrons. The lowest BCUT2D eigenvalue weighted by atomic mass is 10.1. The third kappa shape index (κ3) is 6.49. The quantitative estimate of drug-likeness (QED) is 0.643. The largest absolute Gasteiger partial charge is 0.493 e. The number of para-hydroxylation sites is 1. The molecule has 0 heterocycles. The second kappa shape index (κ2) is 9.23. The zero-order valence-corrected chi connectivity index (χ0v) is 13.1. The molecule has 3 N–H and O–H groups in total. The Morgan fingerprint density at radius 1 is 1.33 bits per heavy atom. The van der Waals surface area contributed by atoms with Gasteiger partial charge in [-0.3, -0.25) is 0 Å². The molecule has 118 valence electrons. The van der Waals surface area contributed by atoms with E-state index in [0.29, 0.717) is 13.2 Å². The van der Waals surface area contributed by atoms with E-state index in [1.54, 1.807) is 0 Å². The predicted molar refractivity (Wildman–Crippen MR) is 83.5 cm³/mol. The molecule has 1 aromatic rings. The van der Waals surface area contributed by atoms with Crippen LogP contribution in [0.5, 0.6) is 5.75 Å².